The van der Waals surface area contributed by atoms with Crippen LogP contribution in [0, 0.1) is 0 Å². The maximum Gasteiger partial charge on any atom is 0.337 e. The maximum absolute atomic E-state index is 11.8. The average molecular weight is 313 g/mol. The molecule has 0 spiro atoms. The van der Waals surface area contributed by atoms with E-state index in [4.69, 9.17) is 16.3 Å². The number of carbonyl (C=O) groups is 2. The van der Waals surface area contributed by atoms with Crippen LogP contribution in [0.3, 0.4) is 0 Å². The summed E-state index contributed by atoms with van der Waals surface area (Å²) >= 11 is 5.72. The number of alkyl halides is 1. The van der Waals surface area contributed by atoms with Gasteiger partial charge in [0.2, 0.25) is 5.91 Å². The van der Waals surface area contributed by atoms with Crippen molar-refractivity contribution in [3.05, 3.63) is 23.8 Å². The molecule has 1 aliphatic rings. The summed E-state index contributed by atoms with van der Waals surface area (Å²) in [6, 6.07) is 4.76. The van der Waals surface area contributed by atoms with Crippen LogP contribution in [-0.4, -0.2) is 41.6 Å². The number of amides is 1. The Bertz CT molecular complexity index is 544. The molecule has 2 rings (SSSR count). The van der Waals surface area contributed by atoms with Gasteiger partial charge in [0.05, 0.1) is 23.0 Å². The largest absolute Gasteiger partial charge is 0.478 e. The Balaban J connectivity index is 2.22. The Kier molecular flexibility index (Phi) is 5.03. The summed E-state index contributed by atoms with van der Waals surface area (Å²) in [6.07, 6.45) is 1.08. The number of hydrogen-bond acceptors (Lipinski definition) is 4. The monoisotopic (exact) mass is 312 g/mol. The lowest BCUT2D eigenvalue weighted by molar-refractivity contribution is -0.115. The number of carboxylic acid groups (broad SMARTS) is 1. The molecule has 6 nitrogen and oxygen atoms in total. The molecule has 0 aliphatic carbocycles. The average Bonchev–Trinajstić information content (AvgIpc) is 2.37. The highest BCUT2D eigenvalue weighted by Gasteiger charge is 2.21. The SMILES string of the molecule is C[C@@H](Cl)C(=O)Nc1c(NC[C@@H]2CCO2)cccc1C(=O)O. The summed E-state index contributed by atoms with van der Waals surface area (Å²) in [5, 5.41) is 14.2. The fraction of sp³-hybridized carbons (Fsp3) is 0.429. The van der Waals surface area contributed by atoms with Gasteiger partial charge < -0.3 is 20.5 Å². The Labute approximate surface area is 127 Å². The van der Waals surface area contributed by atoms with Gasteiger partial charge in [-0.25, -0.2) is 4.79 Å². The Morgan fingerprint density at radius 3 is 2.76 bits per heavy atom. The summed E-state index contributed by atoms with van der Waals surface area (Å²) in [5.74, 6) is -1.57. The van der Waals surface area contributed by atoms with E-state index in [1.165, 1.54) is 13.0 Å². The van der Waals surface area contributed by atoms with Crippen LogP contribution in [-0.2, 0) is 9.53 Å². The third kappa shape index (κ3) is 3.86. The number of carboxylic acids is 1. The third-order valence-electron chi connectivity index (χ3n) is 3.22. The van der Waals surface area contributed by atoms with E-state index in [1.807, 2.05) is 0 Å². The standard InChI is InChI=1S/C14H17ClN2O4/c1-8(15)13(18)17-12-10(14(19)20)3-2-4-11(12)16-7-9-5-6-21-9/h2-4,8-9,16H,5-7H2,1H3,(H,17,18)(H,19,20)/t8-,9+/m1/s1. The number of carbonyl (C=O) groups excluding carboxylic acids is 1. The van der Waals surface area contributed by atoms with Crippen molar-refractivity contribution in [2.24, 2.45) is 0 Å². The molecule has 0 unspecified atom stereocenters. The molecule has 1 aliphatic heterocycles. The number of anilines is 2. The minimum Gasteiger partial charge on any atom is -0.478 e. The molecule has 2 atom stereocenters. The van der Waals surface area contributed by atoms with Gasteiger partial charge in [-0.2, -0.15) is 0 Å². The molecule has 0 bridgehead atoms. The number of halogens is 1. The first-order chi connectivity index (χ1) is 9.99. The molecule has 1 aromatic carbocycles. The molecule has 114 valence electrons. The predicted molar refractivity (Wildman–Crippen MR) is 80.2 cm³/mol. The Morgan fingerprint density at radius 1 is 1.52 bits per heavy atom. The van der Waals surface area contributed by atoms with Gasteiger partial charge in [-0.1, -0.05) is 6.07 Å². The van der Waals surface area contributed by atoms with Crippen LogP contribution in [0.2, 0.25) is 0 Å². The second-order valence-electron chi connectivity index (χ2n) is 4.80. The molecular formula is C14H17ClN2O4. The van der Waals surface area contributed by atoms with Gasteiger partial charge in [0.15, 0.2) is 0 Å². The van der Waals surface area contributed by atoms with E-state index in [0.29, 0.717) is 12.2 Å². The summed E-state index contributed by atoms with van der Waals surface area (Å²) in [4.78, 5) is 23.1. The summed E-state index contributed by atoms with van der Waals surface area (Å²) in [6.45, 7) is 2.83. The lowest BCUT2D eigenvalue weighted by Gasteiger charge is -2.27. The highest BCUT2D eigenvalue weighted by Crippen LogP contribution is 2.27. The van der Waals surface area contributed by atoms with Crippen LogP contribution in [0.4, 0.5) is 11.4 Å². The fourth-order valence-corrected chi connectivity index (χ4v) is 1.96. The molecule has 0 saturated carbocycles. The molecule has 1 amide bonds. The molecule has 0 radical (unpaired) electrons. The van der Waals surface area contributed by atoms with Gasteiger partial charge in [0.25, 0.3) is 0 Å². The van der Waals surface area contributed by atoms with E-state index >= 15 is 0 Å². The molecular weight excluding hydrogens is 296 g/mol. The number of benzene rings is 1. The number of nitrogens with one attached hydrogen (secondary N) is 2. The summed E-state index contributed by atoms with van der Waals surface area (Å²) in [7, 11) is 0. The van der Waals surface area contributed by atoms with Crippen molar-refractivity contribution in [3.8, 4) is 0 Å². The molecule has 1 heterocycles. The zero-order valence-electron chi connectivity index (χ0n) is 11.6. The van der Waals surface area contributed by atoms with E-state index in [0.717, 1.165) is 13.0 Å². The molecule has 7 heteroatoms. The zero-order chi connectivity index (χ0) is 15.4. The van der Waals surface area contributed by atoms with Gasteiger partial charge >= 0.3 is 5.97 Å². The van der Waals surface area contributed by atoms with Crippen molar-refractivity contribution < 1.29 is 19.4 Å². The van der Waals surface area contributed by atoms with Crippen LogP contribution < -0.4 is 10.6 Å². The van der Waals surface area contributed by atoms with Crippen LogP contribution in [0.15, 0.2) is 18.2 Å². The molecule has 1 fully saturated rings. The highest BCUT2D eigenvalue weighted by molar-refractivity contribution is 6.32. The van der Waals surface area contributed by atoms with Crippen LogP contribution >= 0.6 is 11.6 Å². The van der Waals surface area contributed by atoms with Crippen molar-refractivity contribution in [2.75, 3.05) is 23.8 Å². The van der Waals surface area contributed by atoms with Gasteiger partial charge in [0.1, 0.15) is 5.38 Å². The molecule has 3 N–H and O–H groups in total. The first kappa shape index (κ1) is 15.6. The molecule has 1 saturated heterocycles. The first-order valence-corrected chi connectivity index (χ1v) is 7.09. The fourth-order valence-electron chi connectivity index (χ4n) is 1.90. The van der Waals surface area contributed by atoms with E-state index in [1.54, 1.807) is 12.1 Å². The minimum absolute atomic E-state index is 0.0141. The van der Waals surface area contributed by atoms with Crippen LogP contribution in [0.5, 0.6) is 0 Å². The summed E-state index contributed by atoms with van der Waals surface area (Å²) < 4.78 is 5.30. The lowest BCUT2D eigenvalue weighted by Crippen LogP contribution is -2.33. The van der Waals surface area contributed by atoms with E-state index in [2.05, 4.69) is 10.6 Å². The Hall–Kier alpha value is -1.79. The topological polar surface area (TPSA) is 87.7 Å². The van der Waals surface area contributed by atoms with Crippen molar-refractivity contribution >= 4 is 34.9 Å². The second kappa shape index (κ2) is 6.78. The van der Waals surface area contributed by atoms with Crippen molar-refractivity contribution in [1.82, 2.24) is 0 Å². The molecule has 0 aromatic heterocycles. The second-order valence-corrected chi connectivity index (χ2v) is 5.46. The van der Waals surface area contributed by atoms with E-state index in [9.17, 15) is 14.7 Å². The summed E-state index contributed by atoms with van der Waals surface area (Å²) in [5.41, 5.74) is 0.776. The van der Waals surface area contributed by atoms with Crippen LogP contribution in [0.1, 0.15) is 23.7 Å². The minimum atomic E-state index is -1.11. The van der Waals surface area contributed by atoms with Crippen molar-refractivity contribution in [3.63, 3.8) is 0 Å². The molecule has 1 aromatic rings. The van der Waals surface area contributed by atoms with E-state index in [-0.39, 0.29) is 17.4 Å². The van der Waals surface area contributed by atoms with Gasteiger partial charge in [0, 0.05) is 13.2 Å². The third-order valence-corrected chi connectivity index (χ3v) is 3.42. The number of rotatable bonds is 6. The lowest BCUT2D eigenvalue weighted by atomic mass is 10.1. The van der Waals surface area contributed by atoms with E-state index < -0.39 is 17.3 Å². The quantitative estimate of drug-likeness (QED) is 0.701. The highest BCUT2D eigenvalue weighted by atomic mass is 35.5. The van der Waals surface area contributed by atoms with Crippen molar-refractivity contribution in [2.45, 2.75) is 24.8 Å². The number of aromatic carboxylic acids is 1. The molecule has 21 heavy (non-hydrogen) atoms. The normalized spacial score (nSPS) is 18.5. The zero-order valence-corrected chi connectivity index (χ0v) is 12.3. The van der Waals surface area contributed by atoms with Gasteiger partial charge in [-0.15, -0.1) is 11.6 Å². The van der Waals surface area contributed by atoms with Crippen molar-refractivity contribution in [1.29, 1.82) is 0 Å². The first-order valence-electron chi connectivity index (χ1n) is 6.65. The Morgan fingerprint density at radius 2 is 2.24 bits per heavy atom. The smallest absolute Gasteiger partial charge is 0.337 e. The van der Waals surface area contributed by atoms with Crippen LogP contribution in [0.25, 0.3) is 0 Å². The number of hydrogen-bond donors (Lipinski definition) is 3. The number of ether oxygens (including phenoxy) is 1. The maximum atomic E-state index is 11.8. The van der Waals surface area contributed by atoms with Gasteiger partial charge in [-0.3, -0.25) is 4.79 Å². The van der Waals surface area contributed by atoms with Gasteiger partial charge in [-0.05, 0) is 25.5 Å². The predicted octanol–water partition coefficient (Wildman–Crippen LogP) is 2.15. The number of para-hydroxylation sites is 1.